The Morgan fingerprint density at radius 3 is 2.67 bits per heavy atom. The predicted octanol–water partition coefficient (Wildman–Crippen LogP) is 3.97. The summed E-state index contributed by atoms with van der Waals surface area (Å²) in [5.74, 6) is 1.97. The number of nitrogens with zero attached hydrogens (tertiary/aromatic N) is 3. The monoisotopic (exact) mass is 406 g/mol. The lowest BCUT2D eigenvalue weighted by atomic mass is 10.1. The van der Waals surface area contributed by atoms with Gasteiger partial charge in [-0.1, -0.05) is 41.9 Å². The minimum absolute atomic E-state index is 0.0159. The first kappa shape index (κ1) is 19.9. The van der Waals surface area contributed by atoms with Crippen molar-refractivity contribution in [2.45, 2.75) is 39.3 Å². The molecule has 156 valence electrons. The lowest BCUT2D eigenvalue weighted by Crippen LogP contribution is -2.39. The lowest BCUT2D eigenvalue weighted by Gasteiger charge is -2.18. The molecule has 0 spiro atoms. The minimum Gasteiger partial charge on any atom is -0.489 e. The van der Waals surface area contributed by atoms with Crippen LogP contribution in [0.15, 0.2) is 53.1 Å². The molecule has 0 aliphatic carbocycles. The number of carbonyl (C=O) groups excluding carboxylic acids is 1. The summed E-state index contributed by atoms with van der Waals surface area (Å²) in [6, 6.07) is 15.7. The lowest BCUT2D eigenvalue weighted by molar-refractivity contribution is 0.186. The first-order chi connectivity index (χ1) is 14.6. The van der Waals surface area contributed by atoms with E-state index in [0.717, 1.165) is 23.3 Å². The molecule has 1 aromatic heterocycles. The summed E-state index contributed by atoms with van der Waals surface area (Å²) in [7, 11) is 0. The molecule has 0 saturated carbocycles. The molecule has 1 atom stereocenters. The Morgan fingerprint density at radius 2 is 1.97 bits per heavy atom. The molecule has 3 aromatic rings. The van der Waals surface area contributed by atoms with Gasteiger partial charge in [0.2, 0.25) is 11.7 Å². The number of benzene rings is 2. The number of likely N-dealkylation sites (tertiary alicyclic amines) is 1. The van der Waals surface area contributed by atoms with Crippen LogP contribution in [0, 0.1) is 6.92 Å². The molecule has 1 fully saturated rings. The SMILES string of the molecule is CCc1nc(-c2ccc(OC3CCN(C(=O)NCc4ccc(C)cc4)C3)cc2)no1. The van der Waals surface area contributed by atoms with E-state index in [4.69, 9.17) is 9.26 Å². The maximum absolute atomic E-state index is 12.4. The largest absolute Gasteiger partial charge is 0.489 e. The van der Waals surface area contributed by atoms with Crippen LogP contribution in [0.4, 0.5) is 4.79 Å². The Morgan fingerprint density at radius 1 is 1.20 bits per heavy atom. The van der Waals surface area contributed by atoms with E-state index in [9.17, 15) is 4.79 Å². The average Bonchev–Trinajstić information content (AvgIpc) is 3.43. The van der Waals surface area contributed by atoms with Gasteiger partial charge < -0.3 is 19.5 Å². The quantitative estimate of drug-likeness (QED) is 0.670. The Kier molecular flexibility index (Phi) is 5.97. The highest BCUT2D eigenvalue weighted by Gasteiger charge is 2.27. The van der Waals surface area contributed by atoms with Crippen molar-refractivity contribution in [1.82, 2.24) is 20.4 Å². The van der Waals surface area contributed by atoms with Crippen molar-refractivity contribution in [2.75, 3.05) is 13.1 Å². The molecule has 2 amide bonds. The number of rotatable bonds is 6. The van der Waals surface area contributed by atoms with Crippen molar-refractivity contribution >= 4 is 6.03 Å². The molecule has 1 aliphatic rings. The fourth-order valence-electron chi connectivity index (χ4n) is 3.40. The van der Waals surface area contributed by atoms with Crippen LogP contribution in [0.5, 0.6) is 5.75 Å². The highest BCUT2D eigenvalue weighted by atomic mass is 16.5. The molecule has 7 heteroatoms. The van der Waals surface area contributed by atoms with Crippen LogP contribution < -0.4 is 10.1 Å². The molecule has 1 saturated heterocycles. The number of hydrogen-bond acceptors (Lipinski definition) is 5. The zero-order valence-corrected chi connectivity index (χ0v) is 17.3. The zero-order valence-electron chi connectivity index (χ0n) is 17.3. The van der Waals surface area contributed by atoms with Gasteiger partial charge >= 0.3 is 6.03 Å². The number of amides is 2. The van der Waals surface area contributed by atoms with E-state index >= 15 is 0 Å². The third-order valence-corrected chi connectivity index (χ3v) is 5.18. The highest BCUT2D eigenvalue weighted by molar-refractivity contribution is 5.74. The van der Waals surface area contributed by atoms with Gasteiger partial charge in [-0.2, -0.15) is 4.98 Å². The van der Waals surface area contributed by atoms with Crippen LogP contribution in [0.3, 0.4) is 0 Å². The van der Waals surface area contributed by atoms with Gasteiger partial charge in [0.25, 0.3) is 0 Å². The van der Waals surface area contributed by atoms with Crippen LogP contribution in [0.25, 0.3) is 11.4 Å². The van der Waals surface area contributed by atoms with Gasteiger partial charge in [0, 0.05) is 31.5 Å². The molecular formula is C23H26N4O3. The number of carbonyl (C=O) groups is 1. The van der Waals surface area contributed by atoms with Crippen molar-refractivity contribution in [3.63, 3.8) is 0 Å². The Balaban J connectivity index is 1.27. The van der Waals surface area contributed by atoms with Crippen LogP contribution in [0.1, 0.15) is 30.4 Å². The smallest absolute Gasteiger partial charge is 0.317 e. The second-order valence-corrected chi connectivity index (χ2v) is 7.51. The van der Waals surface area contributed by atoms with E-state index in [2.05, 4.69) is 15.5 Å². The van der Waals surface area contributed by atoms with Crippen LogP contribution in [-0.4, -0.2) is 40.3 Å². The second-order valence-electron chi connectivity index (χ2n) is 7.51. The number of ether oxygens (including phenoxy) is 1. The zero-order chi connectivity index (χ0) is 20.9. The van der Waals surface area contributed by atoms with Gasteiger partial charge in [0.05, 0.1) is 6.54 Å². The van der Waals surface area contributed by atoms with Gasteiger partial charge in [-0.15, -0.1) is 0 Å². The van der Waals surface area contributed by atoms with E-state index in [1.807, 2.05) is 62.4 Å². The van der Waals surface area contributed by atoms with Gasteiger partial charge in [0.1, 0.15) is 11.9 Å². The molecule has 2 aromatic carbocycles. The molecule has 1 N–H and O–H groups in total. The molecule has 0 bridgehead atoms. The maximum atomic E-state index is 12.4. The molecule has 0 radical (unpaired) electrons. The number of aryl methyl sites for hydroxylation is 2. The molecule has 2 heterocycles. The van der Waals surface area contributed by atoms with Gasteiger partial charge in [-0.05, 0) is 36.8 Å². The number of nitrogens with one attached hydrogen (secondary N) is 1. The van der Waals surface area contributed by atoms with Crippen LogP contribution >= 0.6 is 0 Å². The number of aromatic nitrogens is 2. The molecule has 30 heavy (non-hydrogen) atoms. The Hall–Kier alpha value is -3.35. The Labute approximate surface area is 176 Å². The third-order valence-electron chi connectivity index (χ3n) is 5.18. The summed E-state index contributed by atoms with van der Waals surface area (Å²) in [5.41, 5.74) is 3.18. The fraction of sp³-hybridized carbons (Fsp3) is 0.348. The summed E-state index contributed by atoms with van der Waals surface area (Å²) >= 11 is 0. The average molecular weight is 406 g/mol. The van der Waals surface area contributed by atoms with E-state index in [1.165, 1.54) is 5.56 Å². The summed E-state index contributed by atoms with van der Waals surface area (Å²) < 4.78 is 11.2. The summed E-state index contributed by atoms with van der Waals surface area (Å²) in [6.45, 7) is 5.81. The van der Waals surface area contributed by atoms with Crippen LogP contribution in [0.2, 0.25) is 0 Å². The summed E-state index contributed by atoms with van der Waals surface area (Å²) in [5, 5.41) is 6.97. The maximum Gasteiger partial charge on any atom is 0.317 e. The first-order valence-corrected chi connectivity index (χ1v) is 10.3. The van der Waals surface area contributed by atoms with Crippen molar-refractivity contribution in [1.29, 1.82) is 0 Å². The highest BCUT2D eigenvalue weighted by Crippen LogP contribution is 2.23. The fourth-order valence-corrected chi connectivity index (χ4v) is 3.40. The predicted molar refractivity (Wildman–Crippen MR) is 113 cm³/mol. The van der Waals surface area contributed by atoms with Gasteiger partial charge in [-0.25, -0.2) is 4.79 Å². The van der Waals surface area contributed by atoms with Crippen LogP contribution in [-0.2, 0) is 13.0 Å². The Bertz CT molecular complexity index is 982. The van der Waals surface area contributed by atoms with Crippen molar-refractivity contribution in [3.8, 4) is 17.1 Å². The van der Waals surface area contributed by atoms with E-state index in [0.29, 0.717) is 37.8 Å². The molecule has 1 aliphatic heterocycles. The standard InChI is InChI=1S/C23H26N4O3/c1-3-21-25-22(26-30-21)18-8-10-19(11-9-18)29-20-12-13-27(15-20)23(28)24-14-17-6-4-16(2)5-7-17/h4-11,20H,3,12-15H2,1-2H3,(H,24,28). The molecular weight excluding hydrogens is 380 g/mol. The van der Waals surface area contributed by atoms with E-state index < -0.39 is 0 Å². The molecule has 7 nitrogen and oxygen atoms in total. The van der Waals surface area contributed by atoms with Crippen molar-refractivity contribution < 1.29 is 14.1 Å². The second kappa shape index (κ2) is 8.98. The summed E-state index contributed by atoms with van der Waals surface area (Å²) in [4.78, 5) is 18.6. The van der Waals surface area contributed by atoms with Gasteiger partial charge in [0.15, 0.2) is 0 Å². The van der Waals surface area contributed by atoms with E-state index in [1.54, 1.807) is 4.90 Å². The minimum atomic E-state index is -0.0548. The van der Waals surface area contributed by atoms with E-state index in [-0.39, 0.29) is 12.1 Å². The van der Waals surface area contributed by atoms with Crippen molar-refractivity contribution in [2.24, 2.45) is 0 Å². The molecule has 4 rings (SSSR count). The number of hydrogen-bond donors (Lipinski definition) is 1. The topological polar surface area (TPSA) is 80.5 Å². The normalized spacial score (nSPS) is 15.9. The first-order valence-electron chi connectivity index (χ1n) is 10.3. The van der Waals surface area contributed by atoms with Gasteiger partial charge in [-0.3, -0.25) is 0 Å². The third kappa shape index (κ3) is 4.79. The van der Waals surface area contributed by atoms with Crippen molar-refractivity contribution in [3.05, 3.63) is 65.5 Å². The molecule has 1 unspecified atom stereocenters. The number of urea groups is 1. The summed E-state index contributed by atoms with van der Waals surface area (Å²) in [6.07, 6.45) is 1.51.